The monoisotopic (exact) mass is 361 g/mol. The summed E-state index contributed by atoms with van der Waals surface area (Å²) in [5.41, 5.74) is 1.72. The van der Waals surface area contributed by atoms with E-state index in [-0.39, 0.29) is 18.0 Å². The molecule has 0 saturated carbocycles. The minimum absolute atomic E-state index is 0.158. The van der Waals surface area contributed by atoms with Gasteiger partial charge >= 0.3 is 0 Å². The molecule has 1 aromatic heterocycles. The molecule has 0 atom stereocenters. The lowest BCUT2D eigenvalue weighted by Crippen LogP contribution is -2.28. The van der Waals surface area contributed by atoms with Crippen LogP contribution in [0.15, 0.2) is 47.5 Å². The zero-order valence-corrected chi connectivity index (χ0v) is 14.2. The molecule has 2 aromatic carbocycles. The maximum absolute atomic E-state index is 12.5. The van der Waals surface area contributed by atoms with Crippen molar-refractivity contribution < 1.29 is 4.79 Å². The van der Waals surface area contributed by atoms with Gasteiger partial charge in [-0.1, -0.05) is 35.3 Å². The van der Waals surface area contributed by atoms with Crippen LogP contribution in [0.4, 0.5) is 5.69 Å². The highest BCUT2D eigenvalue weighted by Gasteiger charge is 2.11. The third-order valence-electron chi connectivity index (χ3n) is 3.57. The molecule has 0 aliphatic heterocycles. The number of benzene rings is 2. The number of carbonyl (C=O) groups excluding carboxylic acids is 1. The molecule has 0 radical (unpaired) electrons. The van der Waals surface area contributed by atoms with Gasteiger partial charge < -0.3 is 5.32 Å². The van der Waals surface area contributed by atoms with Gasteiger partial charge in [0.1, 0.15) is 6.54 Å². The molecule has 0 spiro atoms. The Morgan fingerprint density at radius 3 is 2.79 bits per heavy atom. The molecular weight excluding hydrogens is 349 g/mol. The highest BCUT2D eigenvalue weighted by atomic mass is 35.5. The van der Waals surface area contributed by atoms with Crippen molar-refractivity contribution in [2.24, 2.45) is 0 Å². The van der Waals surface area contributed by atoms with Gasteiger partial charge in [0.15, 0.2) is 0 Å². The average molecular weight is 362 g/mol. The highest BCUT2D eigenvalue weighted by molar-refractivity contribution is 6.36. The average Bonchev–Trinajstić information content (AvgIpc) is 2.53. The normalized spacial score (nSPS) is 10.8. The Morgan fingerprint density at radius 1 is 1.25 bits per heavy atom. The summed E-state index contributed by atoms with van der Waals surface area (Å²) in [5.74, 6) is -0.380. The van der Waals surface area contributed by atoms with Crippen LogP contribution in [-0.2, 0) is 11.3 Å². The maximum atomic E-state index is 12.5. The molecule has 3 rings (SSSR count). The van der Waals surface area contributed by atoms with Crippen LogP contribution in [0, 0.1) is 6.92 Å². The Morgan fingerprint density at radius 2 is 2.04 bits per heavy atom. The number of fused-ring (bicyclic) bond motifs is 1. The molecule has 1 N–H and O–H groups in total. The predicted molar refractivity (Wildman–Crippen MR) is 95.8 cm³/mol. The number of rotatable bonds is 3. The molecule has 24 heavy (non-hydrogen) atoms. The Labute approximate surface area is 147 Å². The second kappa shape index (κ2) is 6.63. The van der Waals surface area contributed by atoms with Crippen LogP contribution in [0.1, 0.15) is 5.56 Å². The van der Waals surface area contributed by atoms with Crippen LogP contribution in [0.5, 0.6) is 0 Å². The molecule has 3 aromatic rings. The first-order valence-electron chi connectivity index (χ1n) is 7.15. The summed E-state index contributed by atoms with van der Waals surface area (Å²) >= 11 is 11.8. The molecule has 122 valence electrons. The molecule has 1 heterocycles. The van der Waals surface area contributed by atoms with Gasteiger partial charge in [0.25, 0.3) is 5.56 Å². The molecule has 5 nitrogen and oxygen atoms in total. The molecule has 0 fully saturated rings. The first kappa shape index (κ1) is 16.5. The van der Waals surface area contributed by atoms with E-state index in [1.54, 1.807) is 24.3 Å². The minimum atomic E-state index is -0.380. The minimum Gasteiger partial charge on any atom is -0.323 e. The number of carbonyl (C=O) groups is 1. The predicted octanol–water partition coefficient (Wildman–Crippen LogP) is 3.65. The van der Waals surface area contributed by atoms with E-state index >= 15 is 0 Å². The fourth-order valence-corrected chi connectivity index (χ4v) is 2.84. The van der Waals surface area contributed by atoms with E-state index < -0.39 is 0 Å². The van der Waals surface area contributed by atoms with Gasteiger partial charge in [0, 0.05) is 5.02 Å². The number of nitrogens with one attached hydrogen (secondary N) is 1. The van der Waals surface area contributed by atoms with Crippen molar-refractivity contribution in [2.45, 2.75) is 13.5 Å². The molecule has 0 unspecified atom stereocenters. The number of para-hydroxylation sites is 1. The van der Waals surface area contributed by atoms with Crippen LogP contribution in [-0.4, -0.2) is 15.5 Å². The van der Waals surface area contributed by atoms with Crippen molar-refractivity contribution in [3.05, 3.63) is 68.7 Å². The van der Waals surface area contributed by atoms with Crippen molar-refractivity contribution >= 4 is 45.7 Å². The highest BCUT2D eigenvalue weighted by Crippen LogP contribution is 2.25. The van der Waals surface area contributed by atoms with Gasteiger partial charge in [0.05, 0.1) is 27.9 Å². The van der Waals surface area contributed by atoms with E-state index in [4.69, 9.17) is 23.2 Å². The van der Waals surface area contributed by atoms with Crippen LogP contribution in [0.3, 0.4) is 0 Å². The lowest BCUT2D eigenvalue weighted by Gasteiger charge is -2.10. The number of nitrogens with zero attached hydrogens (tertiary/aromatic N) is 2. The first-order valence-corrected chi connectivity index (χ1v) is 7.91. The Hall–Kier alpha value is -2.37. The van der Waals surface area contributed by atoms with E-state index in [1.807, 2.05) is 13.0 Å². The summed E-state index contributed by atoms with van der Waals surface area (Å²) in [6.45, 7) is 1.73. The number of hydrogen-bond donors (Lipinski definition) is 1. The number of aromatic nitrogens is 2. The van der Waals surface area contributed by atoms with Gasteiger partial charge in [-0.2, -0.15) is 0 Å². The van der Waals surface area contributed by atoms with E-state index in [0.717, 1.165) is 5.56 Å². The summed E-state index contributed by atoms with van der Waals surface area (Å²) in [6.07, 6.45) is 1.38. The number of aryl methyl sites for hydroxylation is 1. The number of amides is 1. The van der Waals surface area contributed by atoms with Crippen LogP contribution < -0.4 is 10.9 Å². The fraction of sp³-hybridized carbons (Fsp3) is 0.118. The first-order chi connectivity index (χ1) is 11.5. The smallest absolute Gasteiger partial charge is 0.261 e. The summed E-state index contributed by atoms with van der Waals surface area (Å²) < 4.78 is 1.26. The van der Waals surface area contributed by atoms with E-state index in [2.05, 4.69) is 10.3 Å². The van der Waals surface area contributed by atoms with Crippen molar-refractivity contribution in [3.63, 3.8) is 0 Å². The van der Waals surface area contributed by atoms with Gasteiger partial charge in [-0.3, -0.25) is 14.2 Å². The summed E-state index contributed by atoms with van der Waals surface area (Å²) in [7, 11) is 0. The van der Waals surface area contributed by atoms with Crippen molar-refractivity contribution in [1.82, 2.24) is 9.55 Å². The Bertz CT molecular complexity index is 999. The number of halogens is 2. The quantitative estimate of drug-likeness (QED) is 0.774. The molecular formula is C17H13Cl2N3O2. The third-order valence-corrected chi connectivity index (χ3v) is 4.12. The van der Waals surface area contributed by atoms with Crippen LogP contribution >= 0.6 is 23.2 Å². The standard InChI is InChI=1S/C17H13Cl2N3O2/c1-10-3-2-4-12-16(10)20-9-22(17(12)24)8-15(23)21-14-6-5-11(18)7-13(14)19/h2-7,9H,8H2,1H3,(H,21,23). The Kier molecular flexibility index (Phi) is 4.55. The second-order valence-corrected chi connectivity index (χ2v) is 6.16. The molecule has 7 heteroatoms. The molecule has 0 aliphatic rings. The van der Waals surface area contributed by atoms with Gasteiger partial charge in [-0.25, -0.2) is 4.98 Å². The SMILES string of the molecule is Cc1cccc2c(=O)n(CC(=O)Nc3ccc(Cl)cc3Cl)cnc12. The van der Waals surface area contributed by atoms with Crippen molar-refractivity contribution in [3.8, 4) is 0 Å². The second-order valence-electron chi connectivity index (χ2n) is 5.32. The molecule has 0 bridgehead atoms. The van der Waals surface area contributed by atoms with Gasteiger partial charge in [0.2, 0.25) is 5.91 Å². The Balaban J connectivity index is 1.86. The van der Waals surface area contributed by atoms with Crippen molar-refractivity contribution in [1.29, 1.82) is 0 Å². The van der Waals surface area contributed by atoms with E-state index in [1.165, 1.54) is 17.0 Å². The largest absolute Gasteiger partial charge is 0.323 e. The lowest BCUT2D eigenvalue weighted by atomic mass is 10.1. The zero-order chi connectivity index (χ0) is 17.3. The maximum Gasteiger partial charge on any atom is 0.261 e. The van der Waals surface area contributed by atoms with Crippen LogP contribution in [0.2, 0.25) is 10.0 Å². The third kappa shape index (κ3) is 3.27. The fourth-order valence-electron chi connectivity index (χ4n) is 2.39. The summed E-state index contributed by atoms with van der Waals surface area (Å²) in [6, 6.07) is 10.1. The summed E-state index contributed by atoms with van der Waals surface area (Å²) in [4.78, 5) is 28.9. The lowest BCUT2D eigenvalue weighted by molar-refractivity contribution is -0.116. The van der Waals surface area contributed by atoms with Crippen LogP contribution in [0.25, 0.3) is 10.9 Å². The topological polar surface area (TPSA) is 64.0 Å². The van der Waals surface area contributed by atoms with E-state index in [9.17, 15) is 9.59 Å². The van der Waals surface area contributed by atoms with Crippen molar-refractivity contribution in [2.75, 3.05) is 5.32 Å². The molecule has 0 saturated heterocycles. The van der Waals surface area contributed by atoms with Gasteiger partial charge in [-0.15, -0.1) is 0 Å². The molecule has 0 aliphatic carbocycles. The summed E-state index contributed by atoms with van der Waals surface area (Å²) in [5, 5.41) is 3.94. The van der Waals surface area contributed by atoms with E-state index in [0.29, 0.717) is 26.6 Å². The van der Waals surface area contributed by atoms with Gasteiger partial charge in [-0.05, 0) is 36.8 Å². The molecule has 1 amide bonds. The number of anilines is 1. The zero-order valence-electron chi connectivity index (χ0n) is 12.7. The number of hydrogen-bond acceptors (Lipinski definition) is 3.